The number of aliphatic carboxylic acids is 1. The van der Waals surface area contributed by atoms with Crippen molar-refractivity contribution in [3.8, 4) is 0 Å². The highest BCUT2D eigenvalue weighted by Gasteiger charge is 2.13. The van der Waals surface area contributed by atoms with Crippen LogP contribution in [0, 0.1) is 6.92 Å². The number of carbonyl (C=O) groups excluding carboxylic acids is 1. The molecule has 1 aromatic heterocycles. The van der Waals surface area contributed by atoms with E-state index >= 15 is 0 Å². The fraction of sp³-hybridized carbons (Fsp3) is 0.133. The summed E-state index contributed by atoms with van der Waals surface area (Å²) >= 11 is 0. The van der Waals surface area contributed by atoms with Crippen molar-refractivity contribution in [2.24, 2.45) is 0 Å². The summed E-state index contributed by atoms with van der Waals surface area (Å²) in [4.78, 5) is 37.5. The van der Waals surface area contributed by atoms with Crippen molar-refractivity contribution in [2.45, 2.75) is 13.3 Å². The quantitative estimate of drug-likeness (QED) is 0.794. The summed E-state index contributed by atoms with van der Waals surface area (Å²) in [5.41, 5.74) is 1.10. The molecule has 1 amide bonds. The highest BCUT2D eigenvalue weighted by atomic mass is 16.4. The molecule has 0 aliphatic rings. The molecule has 0 aliphatic heterocycles. The second kappa shape index (κ2) is 6.04. The van der Waals surface area contributed by atoms with E-state index in [-0.39, 0.29) is 17.4 Å². The summed E-state index contributed by atoms with van der Waals surface area (Å²) < 4.78 is 0. The minimum absolute atomic E-state index is 0.0225. The molecule has 2 rings (SSSR count). The number of rotatable bonds is 4. The number of nitrogens with one attached hydrogen (secondary N) is 2. The third-order valence-electron chi connectivity index (χ3n) is 2.91. The number of aryl methyl sites for hydroxylation is 1. The van der Waals surface area contributed by atoms with Crippen molar-refractivity contribution < 1.29 is 14.7 Å². The average molecular weight is 286 g/mol. The molecule has 0 unspecified atom stereocenters. The number of carboxylic acids is 1. The Kier molecular flexibility index (Phi) is 4.18. The Hall–Kier alpha value is -2.89. The standard InChI is InChI=1S/C15H14N2O4/c1-9-6-13(18)11(8-16-9)15(21)17-12-5-3-2-4-10(12)7-14(19)20/h2-6,8H,7H2,1H3,(H,16,18)(H,17,21)(H,19,20). The van der Waals surface area contributed by atoms with E-state index in [0.717, 1.165) is 0 Å². The van der Waals surface area contributed by atoms with Crippen molar-refractivity contribution in [1.82, 2.24) is 4.98 Å². The molecule has 6 nitrogen and oxygen atoms in total. The number of carbonyl (C=O) groups is 2. The molecule has 2 aromatic rings. The molecule has 0 atom stereocenters. The number of para-hydroxylation sites is 1. The number of carboxylic acid groups (broad SMARTS) is 1. The van der Waals surface area contributed by atoms with Crippen LogP contribution >= 0.6 is 0 Å². The molecular weight excluding hydrogens is 272 g/mol. The highest BCUT2D eigenvalue weighted by Crippen LogP contribution is 2.16. The largest absolute Gasteiger partial charge is 0.481 e. The molecule has 6 heteroatoms. The first-order chi connectivity index (χ1) is 9.97. The van der Waals surface area contributed by atoms with Crippen LogP contribution in [0.5, 0.6) is 0 Å². The van der Waals surface area contributed by atoms with Gasteiger partial charge in [-0.1, -0.05) is 18.2 Å². The first-order valence-electron chi connectivity index (χ1n) is 6.28. The molecule has 0 aliphatic carbocycles. The summed E-state index contributed by atoms with van der Waals surface area (Å²) in [6.07, 6.45) is 1.13. The molecule has 1 aromatic carbocycles. The van der Waals surface area contributed by atoms with Gasteiger partial charge >= 0.3 is 5.97 Å². The fourth-order valence-corrected chi connectivity index (χ4v) is 1.90. The van der Waals surface area contributed by atoms with Crippen LogP contribution in [0.15, 0.2) is 41.3 Å². The Morgan fingerprint density at radius 3 is 2.67 bits per heavy atom. The van der Waals surface area contributed by atoms with Crippen molar-refractivity contribution >= 4 is 17.6 Å². The number of hydrogen-bond acceptors (Lipinski definition) is 3. The lowest BCUT2D eigenvalue weighted by Crippen LogP contribution is -2.22. The Morgan fingerprint density at radius 1 is 1.29 bits per heavy atom. The summed E-state index contributed by atoms with van der Waals surface area (Å²) in [7, 11) is 0. The van der Waals surface area contributed by atoms with Crippen molar-refractivity contribution in [3.63, 3.8) is 0 Å². The number of aromatic amines is 1. The van der Waals surface area contributed by atoms with Gasteiger partial charge in [0, 0.05) is 23.6 Å². The van der Waals surface area contributed by atoms with Gasteiger partial charge in [-0.2, -0.15) is 0 Å². The van der Waals surface area contributed by atoms with Gasteiger partial charge < -0.3 is 15.4 Å². The van der Waals surface area contributed by atoms with Gasteiger partial charge in [-0.25, -0.2) is 0 Å². The number of anilines is 1. The van der Waals surface area contributed by atoms with Crippen LogP contribution in [0.4, 0.5) is 5.69 Å². The van der Waals surface area contributed by atoms with Crippen LogP contribution in [0.3, 0.4) is 0 Å². The minimum atomic E-state index is -0.995. The molecule has 0 saturated carbocycles. The van der Waals surface area contributed by atoms with E-state index in [1.165, 1.54) is 12.3 Å². The van der Waals surface area contributed by atoms with Crippen LogP contribution < -0.4 is 10.7 Å². The number of amides is 1. The van der Waals surface area contributed by atoms with Gasteiger partial charge in [0.25, 0.3) is 5.91 Å². The predicted octanol–water partition coefficient (Wildman–Crippen LogP) is 1.56. The first-order valence-corrected chi connectivity index (χ1v) is 6.28. The smallest absolute Gasteiger partial charge is 0.307 e. The van der Waals surface area contributed by atoms with Crippen LogP contribution in [0.1, 0.15) is 21.6 Å². The van der Waals surface area contributed by atoms with E-state index in [1.807, 2.05) is 0 Å². The van der Waals surface area contributed by atoms with E-state index in [0.29, 0.717) is 16.9 Å². The summed E-state index contributed by atoms with van der Waals surface area (Å²) in [5, 5.41) is 11.4. The molecule has 0 bridgehead atoms. The van der Waals surface area contributed by atoms with E-state index in [4.69, 9.17) is 5.11 Å². The summed E-state index contributed by atoms with van der Waals surface area (Å²) in [5.74, 6) is -1.57. The molecule has 3 N–H and O–H groups in total. The molecule has 0 saturated heterocycles. The predicted molar refractivity (Wildman–Crippen MR) is 77.5 cm³/mol. The SMILES string of the molecule is Cc1cc(=O)c(C(=O)Nc2ccccc2CC(=O)O)c[nH]1. The van der Waals surface area contributed by atoms with Gasteiger partial charge in [-0.3, -0.25) is 14.4 Å². The molecular formula is C15H14N2O4. The Labute approximate surface area is 120 Å². The average Bonchev–Trinajstić information content (AvgIpc) is 2.40. The van der Waals surface area contributed by atoms with Crippen LogP contribution in [0.2, 0.25) is 0 Å². The number of benzene rings is 1. The third-order valence-corrected chi connectivity index (χ3v) is 2.91. The molecule has 0 fully saturated rings. The zero-order valence-electron chi connectivity index (χ0n) is 11.3. The van der Waals surface area contributed by atoms with Gasteiger partial charge in [-0.05, 0) is 18.6 Å². The fourth-order valence-electron chi connectivity index (χ4n) is 1.90. The van der Waals surface area contributed by atoms with Gasteiger partial charge in [0.05, 0.1) is 6.42 Å². The number of hydrogen-bond donors (Lipinski definition) is 3. The monoisotopic (exact) mass is 286 g/mol. The molecule has 21 heavy (non-hydrogen) atoms. The minimum Gasteiger partial charge on any atom is -0.481 e. The summed E-state index contributed by atoms with van der Waals surface area (Å²) in [6, 6.07) is 7.91. The lowest BCUT2D eigenvalue weighted by Gasteiger charge is -2.09. The van der Waals surface area contributed by atoms with Crippen molar-refractivity contribution in [1.29, 1.82) is 0 Å². The van der Waals surface area contributed by atoms with Gasteiger partial charge in [0.15, 0.2) is 5.43 Å². The van der Waals surface area contributed by atoms with E-state index in [9.17, 15) is 14.4 Å². The molecule has 108 valence electrons. The lowest BCUT2D eigenvalue weighted by atomic mass is 10.1. The lowest BCUT2D eigenvalue weighted by molar-refractivity contribution is -0.136. The molecule has 0 spiro atoms. The Morgan fingerprint density at radius 2 is 2.00 bits per heavy atom. The second-order valence-electron chi connectivity index (χ2n) is 4.58. The molecule has 1 heterocycles. The summed E-state index contributed by atoms with van der Waals surface area (Å²) in [6.45, 7) is 1.71. The van der Waals surface area contributed by atoms with Gasteiger partial charge in [-0.15, -0.1) is 0 Å². The van der Waals surface area contributed by atoms with Gasteiger partial charge in [0.2, 0.25) is 0 Å². The Bertz CT molecular complexity index is 749. The van der Waals surface area contributed by atoms with Gasteiger partial charge in [0.1, 0.15) is 5.56 Å². The van der Waals surface area contributed by atoms with Crippen LogP contribution in [-0.4, -0.2) is 22.0 Å². The van der Waals surface area contributed by atoms with Crippen LogP contribution in [-0.2, 0) is 11.2 Å². The first kappa shape index (κ1) is 14.5. The topological polar surface area (TPSA) is 99.3 Å². The number of pyridine rings is 1. The maximum Gasteiger partial charge on any atom is 0.307 e. The second-order valence-corrected chi connectivity index (χ2v) is 4.58. The zero-order valence-corrected chi connectivity index (χ0v) is 11.3. The van der Waals surface area contributed by atoms with E-state index in [1.54, 1.807) is 31.2 Å². The number of H-pyrrole nitrogens is 1. The Balaban J connectivity index is 2.27. The normalized spacial score (nSPS) is 10.1. The highest BCUT2D eigenvalue weighted by molar-refractivity contribution is 6.04. The zero-order chi connectivity index (χ0) is 15.4. The van der Waals surface area contributed by atoms with Crippen LogP contribution in [0.25, 0.3) is 0 Å². The maximum atomic E-state index is 12.1. The molecule has 0 radical (unpaired) electrons. The van der Waals surface area contributed by atoms with E-state index < -0.39 is 11.9 Å². The van der Waals surface area contributed by atoms with Crippen molar-refractivity contribution in [2.75, 3.05) is 5.32 Å². The number of aromatic nitrogens is 1. The maximum absolute atomic E-state index is 12.1. The van der Waals surface area contributed by atoms with Crippen molar-refractivity contribution in [3.05, 3.63) is 63.6 Å². The van der Waals surface area contributed by atoms with E-state index in [2.05, 4.69) is 10.3 Å². The third kappa shape index (κ3) is 3.56.